The van der Waals surface area contributed by atoms with E-state index >= 15 is 0 Å². The van der Waals surface area contributed by atoms with E-state index in [2.05, 4.69) is 15.2 Å². The first-order valence-corrected chi connectivity index (χ1v) is 6.51. The molecular weight excluding hydrogens is 256 g/mol. The van der Waals surface area contributed by atoms with Gasteiger partial charge in [0, 0.05) is 12.5 Å². The zero-order valence-corrected chi connectivity index (χ0v) is 12.5. The van der Waals surface area contributed by atoms with Crippen molar-refractivity contribution in [3.8, 4) is 0 Å². The number of nitrogens with zero attached hydrogens (tertiary/aromatic N) is 3. The predicted molar refractivity (Wildman–Crippen MR) is 74.3 cm³/mol. The Labute approximate surface area is 118 Å². The molecule has 0 fully saturated rings. The minimum Gasteiger partial charge on any atom is -0.464 e. The minimum absolute atomic E-state index is 0.164. The zero-order chi connectivity index (χ0) is 14.9. The molecule has 0 aromatic carbocycles. The molecule has 2 rings (SSSR count). The Kier molecular flexibility index (Phi) is 3.65. The van der Waals surface area contributed by atoms with E-state index in [-0.39, 0.29) is 17.1 Å². The van der Waals surface area contributed by atoms with Gasteiger partial charge >= 0.3 is 0 Å². The second kappa shape index (κ2) is 5.11. The van der Waals surface area contributed by atoms with Crippen LogP contribution in [-0.2, 0) is 12.0 Å². The number of H-pyrrole nitrogens is 1. The highest BCUT2D eigenvalue weighted by Crippen LogP contribution is 2.18. The van der Waals surface area contributed by atoms with Gasteiger partial charge in [0.05, 0.1) is 6.54 Å². The lowest BCUT2D eigenvalue weighted by molar-refractivity contribution is 0.0763. The third-order valence-corrected chi connectivity index (χ3v) is 2.92. The number of nitrogens with one attached hydrogen (secondary N) is 1. The van der Waals surface area contributed by atoms with Crippen LogP contribution in [0.1, 0.15) is 48.7 Å². The maximum absolute atomic E-state index is 12.2. The van der Waals surface area contributed by atoms with Crippen LogP contribution in [0.25, 0.3) is 0 Å². The number of aromatic amines is 1. The predicted octanol–water partition coefficient (Wildman–Crippen LogP) is 2.28. The number of furan rings is 1. The van der Waals surface area contributed by atoms with E-state index in [0.717, 1.165) is 11.5 Å². The first kappa shape index (κ1) is 14.3. The lowest BCUT2D eigenvalue weighted by Crippen LogP contribution is -2.27. The van der Waals surface area contributed by atoms with Gasteiger partial charge in [-0.2, -0.15) is 0 Å². The van der Waals surface area contributed by atoms with Crippen LogP contribution in [0.2, 0.25) is 0 Å². The maximum Gasteiger partial charge on any atom is 0.293 e. The molecule has 0 atom stereocenters. The topological polar surface area (TPSA) is 75.0 Å². The van der Waals surface area contributed by atoms with E-state index in [9.17, 15) is 4.79 Å². The van der Waals surface area contributed by atoms with Crippen molar-refractivity contribution in [2.24, 2.45) is 0 Å². The van der Waals surface area contributed by atoms with Crippen LogP contribution in [0.15, 0.2) is 16.5 Å². The highest BCUT2D eigenvalue weighted by atomic mass is 16.3. The van der Waals surface area contributed by atoms with Crippen molar-refractivity contribution in [2.75, 3.05) is 7.05 Å². The van der Waals surface area contributed by atoms with Gasteiger partial charge in [0.25, 0.3) is 5.91 Å². The summed E-state index contributed by atoms with van der Waals surface area (Å²) < 4.78 is 5.46. The Hall–Kier alpha value is -2.11. The molecule has 1 amide bonds. The van der Waals surface area contributed by atoms with Gasteiger partial charge in [-0.25, -0.2) is 4.98 Å². The third-order valence-electron chi connectivity index (χ3n) is 2.92. The number of amides is 1. The van der Waals surface area contributed by atoms with Gasteiger partial charge in [-0.3, -0.25) is 9.89 Å². The molecule has 0 saturated carbocycles. The molecule has 0 spiro atoms. The van der Waals surface area contributed by atoms with Crippen LogP contribution in [0.3, 0.4) is 0 Å². The van der Waals surface area contributed by atoms with Gasteiger partial charge < -0.3 is 9.32 Å². The average molecular weight is 276 g/mol. The molecule has 108 valence electrons. The lowest BCUT2D eigenvalue weighted by atomic mass is 9.96. The number of carbonyl (C=O) groups excluding carboxylic acids is 1. The molecule has 0 aliphatic carbocycles. The van der Waals surface area contributed by atoms with Gasteiger partial charge in [-0.15, -0.1) is 5.10 Å². The molecular formula is C14H20N4O2. The zero-order valence-electron chi connectivity index (χ0n) is 12.5. The summed E-state index contributed by atoms with van der Waals surface area (Å²) in [7, 11) is 1.70. The molecule has 0 radical (unpaired) electrons. The number of aryl methyl sites for hydroxylation is 1. The number of hydrogen-bond donors (Lipinski definition) is 1. The van der Waals surface area contributed by atoms with Crippen molar-refractivity contribution in [3.05, 3.63) is 35.3 Å². The summed E-state index contributed by atoms with van der Waals surface area (Å²) >= 11 is 0. The summed E-state index contributed by atoms with van der Waals surface area (Å²) in [6, 6.07) is 3.73. The molecule has 6 nitrogen and oxygen atoms in total. The minimum atomic E-state index is -0.231. The summed E-state index contributed by atoms with van der Waals surface area (Å²) in [6.45, 7) is 8.30. The highest BCUT2D eigenvalue weighted by molar-refractivity contribution is 5.90. The number of rotatable bonds is 3. The van der Waals surface area contributed by atoms with Crippen LogP contribution >= 0.6 is 0 Å². The Morgan fingerprint density at radius 1 is 1.40 bits per heavy atom. The van der Waals surface area contributed by atoms with E-state index < -0.39 is 0 Å². The molecule has 2 heterocycles. The Balaban J connectivity index is 2.09. The second-order valence-corrected chi connectivity index (χ2v) is 5.93. The molecule has 0 unspecified atom stereocenters. The smallest absolute Gasteiger partial charge is 0.293 e. The Bertz CT molecular complexity index is 607. The molecule has 1 N–H and O–H groups in total. The summed E-state index contributed by atoms with van der Waals surface area (Å²) in [6.07, 6.45) is 0. The third kappa shape index (κ3) is 3.07. The number of aromatic nitrogens is 3. The first-order valence-electron chi connectivity index (χ1n) is 6.51. The number of carbonyl (C=O) groups is 1. The van der Waals surface area contributed by atoms with Crippen molar-refractivity contribution in [3.63, 3.8) is 0 Å². The van der Waals surface area contributed by atoms with E-state index in [1.165, 1.54) is 4.90 Å². The maximum atomic E-state index is 12.2. The van der Waals surface area contributed by atoms with Crippen molar-refractivity contribution >= 4 is 5.91 Å². The van der Waals surface area contributed by atoms with Gasteiger partial charge in [-0.05, 0) is 19.1 Å². The summed E-state index contributed by atoms with van der Waals surface area (Å²) in [5, 5.41) is 6.81. The van der Waals surface area contributed by atoms with Crippen molar-refractivity contribution in [1.29, 1.82) is 0 Å². The molecule has 0 aliphatic heterocycles. The van der Waals surface area contributed by atoms with E-state index in [1.54, 1.807) is 7.05 Å². The van der Waals surface area contributed by atoms with Crippen LogP contribution in [-0.4, -0.2) is 33.0 Å². The van der Waals surface area contributed by atoms with E-state index in [1.807, 2.05) is 39.8 Å². The molecule has 20 heavy (non-hydrogen) atoms. The quantitative estimate of drug-likeness (QED) is 0.933. The van der Waals surface area contributed by atoms with Gasteiger partial charge in [-0.1, -0.05) is 20.8 Å². The SMILES string of the molecule is Cc1ccc(CN(C)C(=O)c2n[nH]c(C(C)(C)C)n2)o1. The van der Waals surface area contributed by atoms with Crippen LogP contribution in [0, 0.1) is 6.92 Å². The Morgan fingerprint density at radius 2 is 2.10 bits per heavy atom. The largest absolute Gasteiger partial charge is 0.464 e. The fraction of sp³-hybridized carbons (Fsp3) is 0.500. The monoisotopic (exact) mass is 276 g/mol. The molecule has 6 heteroatoms. The van der Waals surface area contributed by atoms with Crippen LogP contribution < -0.4 is 0 Å². The van der Waals surface area contributed by atoms with Crippen molar-refractivity contribution < 1.29 is 9.21 Å². The fourth-order valence-electron chi connectivity index (χ4n) is 1.74. The van der Waals surface area contributed by atoms with Crippen LogP contribution in [0.5, 0.6) is 0 Å². The van der Waals surface area contributed by atoms with Gasteiger partial charge in [0.2, 0.25) is 5.82 Å². The molecule has 0 aliphatic rings. The van der Waals surface area contributed by atoms with Gasteiger partial charge in [0.1, 0.15) is 17.3 Å². The number of hydrogen-bond acceptors (Lipinski definition) is 4. The average Bonchev–Trinajstić information content (AvgIpc) is 2.96. The molecule has 0 saturated heterocycles. The summed E-state index contributed by atoms with van der Waals surface area (Å²) in [4.78, 5) is 18.0. The van der Waals surface area contributed by atoms with Crippen molar-refractivity contribution in [1.82, 2.24) is 20.1 Å². The second-order valence-electron chi connectivity index (χ2n) is 5.93. The molecule has 0 bridgehead atoms. The normalized spacial score (nSPS) is 11.7. The highest BCUT2D eigenvalue weighted by Gasteiger charge is 2.23. The van der Waals surface area contributed by atoms with E-state index in [0.29, 0.717) is 12.4 Å². The fourth-order valence-corrected chi connectivity index (χ4v) is 1.74. The van der Waals surface area contributed by atoms with Crippen molar-refractivity contribution in [2.45, 2.75) is 39.7 Å². The Morgan fingerprint density at radius 3 is 2.60 bits per heavy atom. The molecule has 2 aromatic rings. The molecule has 2 aromatic heterocycles. The first-order chi connectivity index (χ1) is 9.27. The summed E-state index contributed by atoms with van der Waals surface area (Å²) in [5.74, 6) is 2.22. The van der Waals surface area contributed by atoms with E-state index in [4.69, 9.17) is 4.42 Å². The summed E-state index contributed by atoms with van der Waals surface area (Å²) in [5.41, 5.74) is -0.164. The van der Waals surface area contributed by atoms with Gasteiger partial charge in [0.15, 0.2) is 0 Å². The standard InChI is InChI=1S/C14H20N4O2/c1-9-6-7-10(20-9)8-18(5)12(19)11-15-13(17-16-11)14(2,3)4/h6-7H,8H2,1-5H3,(H,15,16,17). The van der Waals surface area contributed by atoms with Crippen LogP contribution in [0.4, 0.5) is 0 Å². The lowest BCUT2D eigenvalue weighted by Gasteiger charge is -2.14.